The number of carbonyl (C=O) groups is 2. The molecular formula is C20H24ClN3O6S. The van der Waals surface area contributed by atoms with Crippen molar-refractivity contribution in [3.05, 3.63) is 46.5 Å². The average molecular weight is 470 g/mol. The van der Waals surface area contributed by atoms with E-state index in [1.165, 1.54) is 49.5 Å². The molecule has 9 nitrogen and oxygen atoms in total. The molecule has 2 N–H and O–H groups in total. The summed E-state index contributed by atoms with van der Waals surface area (Å²) in [5, 5.41) is 2.66. The zero-order valence-electron chi connectivity index (χ0n) is 17.8. The predicted octanol–water partition coefficient (Wildman–Crippen LogP) is 2.28. The van der Waals surface area contributed by atoms with E-state index in [-0.39, 0.29) is 39.4 Å². The maximum atomic E-state index is 13.1. The third-order valence-corrected chi connectivity index (χ3v) is 6.16. The summed E-state index contributed by atoms with van der Waals surface area (Å²) in [5.74, 6) is -0.336. The summed E-state index contributed by atoms with van der Waals surface area (Å²) in [5.41, 5.74) is 0.628. The van der Waals surface area contributed by atoms with Gasteiger partial charge >= 0.3 is 0 Å². The van der Waals surface area contributed by atoms with Crippen LogP contribution in [0.5, 0.6) is 11.5 Å². The quantitative estimate of drug-likeness (QED) is 0.613. The van der Waals surface area contributed by atoms with E-state index in [1.54, 1.807) is 21.0 Å². The molecule has 0 atom stereocenters. The van der Waals surface area contributed by atoms with Crippen LogP contribution in [0.15, 0.2) is 35.2 Å². The second-order valence-corrected chi connectivity index (χ2v) is 8.80. The number of nitrogens with one attached hydrogen (secondary N) is 2. The van der Waals surface area contributed by atoms with Gasteiger partial charge < -0.3 is 19.7 Å². The van der Waals surface area contributed by atoms with Gasteiger partial charge in [0.2, 0.25) is 5.91 Å². The van der Waals surface area contributed by atoms with Crippen molar-refractivity contribution in [3.8, 4) is 11.5 Å². The molecule has 11 heteroatoms. The van der Waals surface area contributed by atoms with Crippen LogP contribution in [0.1, 0.15) is 15.9 Å². The van der Waals surface area contributed by atoms with Gasteiger partial charge in [0.05, 0.1) is 36.4 Å². The van der Waals surface area contributed by atoms with E-state index in [4.69, 9.17) is 21.1 Å². The number of aryl methyl sites for hydroxylation is 1. The fourth-order valence-corrected chi connectivity index (χ4v) is 4.16. The monoisotopic (exact) mass is 469 g/mol. The van der Waals surface area contributed by atoms with Crippen LogP contribution in [0.3, 0.4) is 0 Å². The first-order valence-electron chi connectivity index (χ1n) is 9.03. The lowest BCUT2D eigenvalue weighted by molar-refractivity contribution is -0.127. The summed E-state index contributed by atoms with van der Waals surface area (Å²) in [6.45, 7) is 1.39. The number of hydrogen-bond acceptors (Lipinski definition) is 6. The topological polar surface area (TPSA) is 114 Å². The second kappa shape index (κ2) is 9.88. The van der Waals surface area contributed by atoms with Crippen molar-refractivity contribution < 1.29 is 27.5 Å². The largest absolute Gasteiger partial charge is 0.495 e. The number of benzene rings is 2. The van der Waals surface area contributed by atoms with Gasteiger partial charge in [-0.3, -0.25) is 14.3 Å². The van der Waals surface area contributed by atoms with Gasteiger partial charge in [-0.05, 0) is 30.7 Å². The van der Waals surface area contributed by atoms with Crippen molar-refractivity contribution in [3.63, 3.8) is 0 Å². The molecule has 0 spiro atoms. The zero-order chi connectivity index (χ0) is 23.3. The number of anilines is 1. The smallest absolute Gasteiger partial charge is 0.262 e. The number of ether oxygens (including phenoxy) is 2. The zero-order valence-corrected chi connectivity index (χ0v) is 19.3. The number of halogens is 1. The number of amides is 2. The molecule has 0 aromatic heterocycles. The van der Waals surface area contributed by atoms with Crippen molar-refractivity contribution in [1.29, 1.82) is 0 Å². The molecule has 0 aliphatic heterocycles. The van der Waals surface area contributed by atoms with Gasteiger partial charge in [0.15, 0.2) is 0 Å². The molecule has 0 bridgehead atoms. The first kappa shape index (κ1) is 24.3. The molecule has 0 radical (unpaired) electrons. The third-order valence-electron chi connectivity index (χ3n) is 4.36. The van der Waals surface area contributed by atoms with E-state index in [0.29, 0.717) is 11.3 Å². The molecule has 31 heavy (non-hydrogen) atoms. The highest BCUT2D eigenvalue weighted by atomic mass is 35.5. The lowest BCUT2D eigenvalue weighted by atomic mass is 10.1. The highest BCUT2D eigenvalue weighted by Gasteiger charge is 2.22. The molecule has 0 fully saturated rings. The maximum Gasteiger partial charge on any atom is 0.262 e. The van der Waals surface area contributed by atoms with E-state index >= 15 is 0 Å². The average Bonchev–Trinajstić information content (AvgIpc) is 2.71. The molecule has 2 aromatic rings. The molecule has 0 unspecified atom stereocenters. The van der Waals surface area contributed by atoms with Gasteiger partial charge in [0.25, 0.3) is 15.9 Å². The van der Waals surface area contributed by atoms with Gasteiger partial charge in [-0.2, -0.15) is 0 Å². The van der Waals surface area contributed by atoms with Crippen molar-refractivity contribution >= 4 is 39.1 Å². The lowest BCUT2D eigenvalue weighted by Crippen LogP contribution is -2.36. The number of hydrogen-bond donors (Lipinski definition) is 2. The third kappa shape index (κ3) is 5.80. The fraction of sp³-hybridized carbons (Fsp3) is 0.300. The van der Waals surface area contributed by atoms with Gasteiger partial charge in [-0.25, -0.2) is 8.42 Å². The molecular weight excluding hydrogens is 446 g/mol. The Morgan fingerprint density at radius 2 is 1.71 bits per heavy atom. The number of likely N-dealkylation sites (N-methyl/N-ethyl adjacent to an activating group) is 1. The highest BCUT2D eigenvalue weighted by molar-refractivity contribution is 7.92. The standard InChI is InChI=1S/C20H24ClN3O6S/c1-12-6-7-13(20(26)22-11-19(25)24(2)3)8-18(12)31(27,28)23-15-9-14(21)16(29-4)10-17(15)30-5/h6-10,23H,11H2,1-5H3,(H,22,26). The SMILES string of the molecule is COc1cc(OC)c(NS(=O)(=O)c2cc(C(=O)NCC(=O)N(C)C)ccc2C)cc1Cl. The summed E-state index contributed by atoms with van der Waals surface area (Å²) in [4.78, 5) is 25.3. The van der Waals surface area contributed by atoms with E-state index in [9.17, 15) is 18.0 Å². The number of nitrogens with zero attached hydrogens (tertiary/aromatic N) is 1. The highest BCUT2D eigenvalue weighted by Crippen LogP contribution is 2.37. The summed E-state index contributed by atoms with van der Waals surface area (Å²) >= 11 is 6.11. The summed E-state index contributed by atoms with van der Waals surface area (Å²) in [6.07, 6.45) is 0. The van der Waals surface area contributed by atoms with Crippen molar-refractivity contribution in [2.45, 2.75) is 11.8 Å². The van der Waals surface area contributed by atoms with Gasteiger partial charge in [-0.1, -0.05) is 17.7 Å². The van der Waals surface area contributed by atoms with Gasteiger partial charge in [0, 0.05) is 25.7 Å². The van der Waals surface area contributed by atoms with Crippen LogP contribution in [-0.2, 0) is 14.8 Å². The molecule has 2 aromatic carbocycles. The Balaban J connectivity index is 2.35. The molecule has 2 amide bonds. The molecule has 2 rings (SSSR count). The van der Waals surface area contributed by atoms with E-state index in [0.717, 1.165) is 0 Å². The van der Waals surface area contributed by atoms with Crippen LogP contribution in [0.25, 0.3) is 0 Å². The Hall–Kier alpha value is -2.98. The second-order valence-electron chi connectivity index (χ2n) is 6.74. The van der Waals surface area contributed by atoms with Crippen LogP contribution in [0.2, 0.25) is 5.02 Å². The van der Waals surface area contributed by atoms with Crippen LogP contribution in [0.4, 0.5) is 5.69 Å². The molecule has 0 heterocycles. The summed E-state index contributed by atoms with van der Waals surface area (Å²) in [6, 6.07) is 7.06. The molecule has 0 aliphatic rings. The van der Waals surface area contributed by atoms with Crippen LogP contribution in [0, 0.1) is 6.92 Å². The van der Waals surface area contributed by atoms with Crippen molar-refractivity contribution in [2.75, 3.05) is 39.6 Å². The van der Waals surface area contributed by atoms with E-state index < -0.39 is 15.9 Å². The Kier molecular flexibility index (Phi) is 7.75. The van der Waals surface area contributed by atoms with Crippen LogP contribution < -0.4 is 19.5 Å². The maximum absolute atomic E-state index is 13.1. The predicted molar refractivity (Wildman–Crippen MR) is 118 cm³/mol. The minimum absolute atomic E-state index is 0.0947. The Morgan fingerprint density at radius 3 is 2.29 bits per heavy atom. The number of methoxy groups -OCH3 is 2. The minimum Gasteiger partial charge on any atom is -0.495 e. The summed E-state index contributed by atoms with van der Waals surface area (Å²) < 4.78 is 38.9. The molecule has 0 saturated heterocycles. The van der Waals surface area contributed by atoms with Crippen LogP contribution in [-0.4, -0.2) is 60.0 Å². The fourth-order valence-electron chi connectivity index (χ4n) is 2.59. The minimum atomic E-state index is -4.10. The van der Waals surface area contributed by atoms with Crippen molar-refractivity contribution in [1.82, 2.24) is 10.2 Å². The summed E-state index contributed by atoms with van der Waals surface area (Å²) in [7, 11) is 1.84. The Bertz CT molecular complexity index is 1100. The first-order chi connectivity index (χ1) is 14.5. The van der Waals surface area contributed by atoms with Gasteiger partial charge in [0.1, 0.15) is 11.5 Å². The number of rotatable bonds is 8. The number of sulfonamides is 1. The van der Waals surface area contributed by atoms with E-state index in [1.807, 2.05) is 0 Å². The normalized spacial score (nSPS) is 10.9. The van der Waals surface area contributed by atoms with Gasteiger partial charge in [-0.15, -0.1) is 0 Å². The molecule has 168 valence electrons. The van der Waals surface area contributed by atoms with Crippen molar-refractivity contribution in [2.24, 2.45) is 0 Å². The molecule has 0 saturated carbocycles. The lowest BCUT2D eigenvalue weighted by Gasteiger charge is -2.16. The first-order valence-corrected chi connectivity index (χ1v) is 10.9. The van der Waals surface area contributed by atoms with Crippen LogP contribution >= 0.6 is 11.6 Å². The number of carbonyl (C=O) groups excluding carboxylic acids is 2. The Labute approximate surface area is 186 Å². The molecule has 0 aliphatic carbocycles. The van der Waals surface area contributed by atoms with E-state index in [2.05, 4.69) is 10.0 Å². The Morgan fingerprint density at radius 1 is 1.06 bits per heavy atom.